The largest absolute Gasteiger partial charge is 0.309 e. The molecule has 0 saturated carbocycles. The van der Waals surface area contributed by atoms with E-state index in [2.05, 4.69) is 124 Å². The van der Waals surface area contributed by atoms with Gasteiger partial charge in [0.1, 0.15) is 0 Å². The maximum Gasteiger partial charge on any atom is 0.164 e. The monoisotopic (exact) mass is 663 g/mol. The number of aromatic nitrogens is 5. The third kappa shape index (κ3) is 4.26. The van der Waals surface area contributed by atoms with E-state index in [1.165, 1.54) is 48.9 Å². The van der Waals surface area contributed by atoms with Crippen molar-refractivity contribution in [2.24, 2.45) is 0 Å². The van der Waals surface area contributed by atoms with Gasteiger partial charge >= 0.3 is 0 Å². The topological polar surface area (TPSA) is 48.0 Å². The van der Waals surface area contributed by atoms with E-state index < -0.39 is 0 Å². The standard InChI is InChI=1S/C47H29N5/c1-3-14-30(15-4-1)45-48-46(31-16-5-2-6-17-31)50-47(49-45)33-19-13-20-34(28-33)51-40-25-12-10-23-38(40)43-41(51)27-26-37-35-21-8-9-22-36(35)42-29-32-18-7-11-24-39(32)52(42)44(37)43/h1-29H. The molecule has 11 aromatic rings. The highest BCUT2D eigenvalue weighted by atomic mass is 15.0. The lowest BCUT2D eigenvalue weighted by Crippen LogP contribution is -2.01. The van der Waals surface area contributed by atoms with Crippen LogP contribution in [0, 0.1) is 0 Å². The molecule has 0 unspecified atom stereocenters. The zero-order valence-electron chi connectivity index (χ0n) is 28.0. The SMILES string of the molecule is c1ccc(-c2nc(-c3ccccc3)nc(-c3cccc(-n4c5ccccc5c5c4ccc4c6ccccc6c6cc7ccccc7n6c45)c3)n2)cc1. The van der Waals surface area contributed by atoms with Crippen LogP contribution in [0.25, 0.3) is 99.8 Å². The maximum atomic E-state index is 5.04. The highest BCUT2D eigenvalue weighted by molar-refractivity contribution is 6.27. The zero-order chi connectivity index (χ0) is 34.2. The van der Waals surface area contributed by atoms with Crippen molar-refractivity contribution in [1.82, 2.24) is 23.9 Å². The van der Waals surface area contributed by atoms with Gasteiger partial charge in [0.05, 0.1) is 27.6 Å². The number of nitrogens with zero attached hydrogens (tertiary/aromatic N) is 5. The first-order valence-electron chi connectivity index (χ1n) is 17.5. The summed E-state index contributed by atoms with van der Waals surface area (Å²) in [5.41, 5.74) is 9.79. The summed E-state index contributed by atoms with van der Waals surface area (Å²) >= 11 is 0. The van der Waals surface area contributed by atoms with Crippen molar-refractivity contribution in [2.45, 2.75) is 0 Å². The molecule has 52 heavy (non-hydrogen) atoms. The lowest BCUT2D eigenvalue weighted by atomic mass is 10.0. The second-order valence-corrected chi connectivity index (χ2v) is 13.3. The Bertz CT molecular complexity index is 3120. The molecule has 5 nitrogen and oxygen atoms in total. The van der Waals surface area contributed by atoms with Gasteiger partial charge in [-0.25, -0.2) is 15.0 Å². The molecule has 0 N–H and O–H groups in total. The zero-order valence-corrected chi connectivity index (χ0v) is 28.0. The quantitative estimate of drug-likeness (QED) is 0.176. The van der Waals surface area contributed by atoms with Crippen LogP contribution in [-0.4, -0.2) is 23.9 Å². The average molecular weight is 664 g/mol. The second kappa shape index (κ2) is 11.2. The van der Waals surface area contributed by atoms with Crippen LogP contribution in [0.4, 0.5) is 0 Å². The van der Waals surface area contributed by atoms with Crippen molar-refractivity contribution in [1.29, 1.82) is 0 Å². The average Bonchev–Trinajstić information content (AvgIpc) is 3.78. The molecule has 5 heteroatoms. The van der Waals surface area contributed by atoms with Gasteiger partial charge in [0.25, 0.3) is 0 Å². The van der Waals surface area contributed by atoms with E-state index in [4.69, 9.17) is 15.0 Å². The summed E-state index contributed by atoms with van der Waals surface area (Å²) in [4.78, 5) is 15.0. The number of pyridine rings is 1. The molecule has 0 fully saturated rings. The summed E-state index contributed by atoms with van der Waals surface area (Å²) in [5, 5.41) is 7.42. The number of benzene rings is 7. The second-order valence-electron chi connectivity index (χ2n) is 13.3. The molecule has 4 aromatic heterocycles. The minimum Gasteiger partial charge on any atom is -0.309 e. The minimum absolute atomic E-state index is 0.632. The van der Waals surface area contributed by atoms with Crippen molar-refractivity contribution >= 4 is 59.9 Å². The molecular formula is C47H29N5. The van der Waals surface area contributed by atoms with Crippen LogP contribution in [0.5, 0.6) is 0 Å². The van der Waals surface area contributed by atoms with Crippen molar-refractivity contribution in [3.8, 4) is 39.9 Å². The number of rotatable bonds is 4. The Balaban J connectivity index is 1.20. The molecule has 7 aromatic carbocycles. The Morgan fingerprint density at radius 3 is 1.65 bits per heavy atom. The van der Waals surface area contributed by atoms with E-state index in [0.29, 0.717) is 17.5 Å². The smallest absolute Gasteiger partial charge is 0.164 e. The molecule has 0 saturated heterocycles. The van der Waals surface area contributed by atoms with Crippen molar-refractivity contribution in [3.05, 3.63) is 176 Å². The van der Waals surface area contributed by atoms with E-state index >= 15 is 0 Å². The molecule has 0 radical (unpaired) electrons. The molecule has 0 spiro atoms. The first-order chi connectivity index (χ1) is 25.8. The fraction of sp³-hybridized carbons (Fsp3) is 0. The Labute approximate surface area is 298 Å². The lowest BCUT2D eigenvalue weighted by Gasteiger charge is -2.13. The highest BCUT2D eigenvalue weighted by Crippen LogP contribution is 2.42. The van der Waals surface area contributed by atoms with Crippen LogP contribution in [0.2, 0.25) is 0 Å². The van der Waals surface area contributed by atoms with Gasteiger partial charge in [-0.1, -0.05) is 140 Å². The predicted molar refractivity (Wildman–Crippen MR) is 214 cm³/mol. The van der Waals surface area contributed by atoms with Gasteiger partial charge in [-0.15, -0.1) is 0 Å². The summed E-state index contributed by atoms with van der Waals surface area (Å²) in [7, 11) is 0. The van der Waals surface area contributed by atoms with Gasteiger partial charge in [-0.05, 0) is 41.8 Å². The van der Waals surface area contributed by atoms with Gasteiger partial charge in [0, 0.05) is 49.3 Å². The molecular weight excluding hydrogens is 635 g/mol. The third-order valence-electron chi connectivity index (χ3n) is 10.3. The Morgan fingerprint density at radius 1 is 0.346 bits per heavy atom. The summed E-state index contributed by atoms with van der Waals surface area (Å²) in [6, 6.07) is 62.0. The first kappa shape index (κ1) is 28.7. The minimum atomic E-state index is 0.632. The molecule has 0 atom stereocenters. The fourth-order valence-corrected chi connectivity index (χ4v) is 8.03. The molecule has 0 aliphatic heterocycles. The Kier molecular flexibility index (Phi) is 6.18. The number of hydrogen-bond acceptors (Lipinski definition) is 3. The third-order valence-corrected chi connectivity index (χ3v) is 10.3. The Morgan fingerprint density at radius 2 is 0.923 bits per heavy atom. The number of hydrogen-bond donors (Lipinski definition) is 0. The van der Waals surface area contributed by atoms with Gasteiger partial charge < -0.3 is 8.97 Å². The Hall–Kier alpha value is -7.11. The molecule has 11 rings (SSSR count). The molecule has 0 aliphatic carbocycles. The van der Waals surface area contributed by atoms with E-state index in [0.717, 1.165) is 33.4 Å². The molecule has 0 amide bonds. The van der Waals surface area contributed by atoms with Crippen LogP contribution in [0.3, 0.4) is 0 Å². The van der Waals surface area contributed by atoms with Crippen LogP contribution < -0.4 is 0 Å². The van der Waals surface area contributed by atoms with Gasteiger partial charge in [-0.3, -0.25) is 0 Å². The van der Waals surface area contributed by atoms with Crippen molar-refractivity contribution in [3.63, 3.8) is 0 Å². The van der Waals surface area contributed by atoms with Crippen LogP contribution in [0.1, 0.15) is 0 Å². The normalized spacial score (nSPS) is 11.8. The highest BCUT2D eigenvalue weighted by Gasteiger charge is 2.20. The molecule has 0 bridgehead atoms. The summed E-state index contributed by atoms with van der Waals surface area (Å²) in [5.74, 6) is 1.93. The van der Waals surface area contributed by atoms with Crippen molar-refractivity contribution < 1.29 is 0 Å². The maximum absolute atomic E-state index is 5.04. The first-order valence-corrected chi connectivity index (χ1v) is 17.5. The number of fused-ring (bicyclic) bond motifs is 12. The van der Waals surface area contributed by atoms with Crippen LogP contribution in [0.15, 0.2) is 176 Å². The lowest BCUT2D eigenvalue weighted by molar-refractivity contribution is 1.07. The van der Waals surface area contributed by atoms with Gasteiger partial charge in [-0.2, -0.15) is 0 Å². The van der Waals surface area contributed by atoms with E-state index in [-0.39, 0.29) is 0 Å². The predicted octanol–water partition coefficient (Wildman–Crippen LogP) is 11.7. The van der Waals surface area contributed by atoms with Gasteiger partial charge in [0.15, 0.2) is 17.5 Å². The summed E-state index contributed by atoms with van der Waals surface area (Å²) in [6.07, 6.45) is 0. The summed E-state index contributed by atoms with van der Waals surface area (Å²) in [6.45, 7) is 0. The van der Waals surface area contributed by atoms with Gasteiger partial charge in [0.2, 0.25) is 0 Å². The van der Waals surface area contributed by atoms with Crippen LogP contribution >= 0.6 is 0 Å². The van der Waals surface area contributed by atoms with E-state index in [1.807, 2.05) is 60.7 Å². The molecule has 4 heterocycles. The summed E-state index contributed by atoms with van der Waals surface area (Å²) < 4.78 is 4.86. The van der Waals surface area contributed by atoms with Crippen molar-refractivity contribution in [2.75, 3.05) is 0 Å². The molecule has 242 valence electrons. The van der Waals surface area contributed by atoms with Crippen LogP contribution in [-0.2, 0) is 0 Å². The van der Waals surface area contributed by atoms with E-state index in [9.17, 15) is 0 Å². The molecule has 0 aliphatic rings. The van der Waals surface area contributed by atoms with E-state index in [1.54, 1.807) is 0 Å². The fourth-order valence-electron chi connectivity index (χ4n) is 8.03. The number of para-hydroxylation sites is 2.